The lowest BCUT2D eigenvalue weighted by Gasteiger charge is -2.50. The Kier molecular flexibility index (Phi) is 7.46. The Hall–Kier alpha value is -0.120. The molecule has 0 amide bonds. The number of piperidine rings is 3. The van der Waals surface area contributed by atoms with Gasteiger partial charge in [0.2, 0.25) is 0 Å². The summed E-state index contributed by atoms with van der Waals surface area (Å²) < 4.78 is 0. The average molecular weight is 432 g/mol. The number of hydrogen-bond acceptors (Lipinski definition) is 3. The van der Waals surface area contributed by atoms with E-state index >= 15 is 0 Å². The molecule has 31 heavy (non-hydrogen) atoms. The molecule has 0 aromatic rings. The van der Waals surface area contributed by atoms with Crippen molar-refractivity contribution >= 4 is 0 Å². The summed E-state index contributed by atoms with van der Waals surface area (Å²) >= 11 is 0. The van der Waals surface area contributed by atoms with Gasteiger partial charge in [0.25, 0.3) is 0 Å². The molecule has 3 saturated heterocycles. The summed E-state index contributed by atoms with van der Waals surface area (Å²) in [7, 11) is 0. The molecule has 0 bridgehead atoms. The molecule has 3 heterocycles. The maximum absolute atomic E-state index is 2.86. The third kappa shape index (κ3) is 6.07. The predicted molar refractivity (Wildman–Crippen MR) is 133 cm³/mol. The Labute approximate surface area is 194 Å². The van der Waals surface area contributed by atoms with Gasteiger partial charge in [0, 0.05) is 18.1 Å². The Morgan fingerprint density at radius 3 is 1.74 bits per heavy atom. The number of hydrogen-bond donors (Lipinski definition) is 0. The molecule has 3 aliphatic heterocycles. The molecule has 4 aliphatic rings. The highest BCUT2D eigenvalue weighted by Gasteiger charge is 2.41. The van der Waals surface area contributed by atoms with Crippen molar-refractivity contribution in [2.24, 2.45) is 29.1 Å². The van der Waals surface area contributed by atoms with Crippen molar-refractivity contribution in [1.82, 2.24) is 14.7 Å². The fraction of sp³-hybridized carbons (Fsp3) is 1.00. The summed E-state index contributed by atoms with van der Waals surface area (Å²) in [6.45, 7) is 23.9. The van der Waals surface area contributed by atoms with Crippen LogP contribution in [-0.4, -0.2) is 72.1 Å². The number of nitrogens with zero attached hydrogens (tertiary/aromatic N) is 3. The van der Waals surface area contributed by atoms with E-state index in [1.54, 1.807) is 0 Å². The van der Waals surface area contributed by atoms with Crippen molar-refractivity contribution in [1.29, 1.82) is 0 Å². The van der Waals surface area contributed by atoms with E-state index in [-0.39, 0.29) is 0 Å². The molecule has 3 heteroatoms. The summed E-state index contributed by atoms with van der Waals surface area (Å²) in [4.78, 5) is 8.37. The lowest BCUT2D eigenvalue weighted by atomic mass is 9.67. The third-order valence-corrected chi connectivity index (χ3v) is 9.80. The molecule has 1 aliphatic carbocycles. The SMILES string of the molecule is CC(C)(C)C1CCN(C2CC(C3CCN(CC4CCN(C(C)(C)C)CC4)CC3)C2)CC1. The molecule has 0 N–H and O–H groups in total. The van der Waals surface area contributed by atoms with E-state index in [0.29, 0.717) is 11.0 Å². The van der Waals surface area contributed by atoms with E-state index in [2.05, 4.69) is 56.2 Å². The van der Waals surface area contributed by atoms with E-state index in [1.807, 2.05) is 0 Å². The fourth-order valence-electron chi connectivity index (χ4n) is 7.20. The van der Waals surface area contributed by atoms with Gasteiger partial charge in [-0.3, -0.25) is 4.90 Å². The number of likely N-dealkylation sites (tertiary alicyclic amines) is 3. The van der Waals surface area contributed by atoms with Crippen LogP contribution in [0, 0.1) is 29.1 Å². The fourth-order valence-corrected chi connectivity index (χ4v) is 7.20. The van der Waals surface area contributed by atoms with Crippen LogP contribution >= 0.6 is 0 Å². The quantitative estimate of drug-likeness (QED) is 0.561. The zero-order valence-electron chi connectivity index (χ0n) is 21.8. The standard InChI is InChI=1S/C28H53N3/c1-27(2,3)25-11-15-30(16-12-25)26-19-24(20-26)23-9-13-29(14-10-23)21-22-7-17-31(18-8-22)28(4,5)6/h22-26H,7-21H2,1-6H3. The molecule has 0 aromatic heterocycles. The zero-order chi connectivity index (χ0) is 22.2. The second-order valence-corrected chi connectivity index (χ2v) is 13.8. The molecular formula is C28H53N3. The van der Waals surface area contributed by atoms with E-state index < -0.39 is 0 Å². The van der Waals surface area contributed by atoms with Gasteiger partial charge in [0.05, 0.1) is 0 Å². The minimum Gasteiger partial charge on any atom is -0.303 e. The molecule has 180 valence electrons. The summed E-state index contributed by atoms with van der Waals surface area (Å²) in [5, 5.41) is 0. The van der Waals surface area contributed by atoms with Crippen molar-refractivity contribution in [2.75, 3.05) is 45.8 Å². The summed E-state index contributed by atoms with van der Waals surface area (Å²) in [5.74, 6) is 3.95. The van der Waals surface area contributed by atoms with Crippen molar-refractivity contribution in [3.8, 4) is 0 Å². The molecule has 3 nitrogen and oxygen atoms in total. The highest BCUT2D eigenvalue weighted by Crippen LogP contribution is 2.43. The molecule has 4 rings (SSSR count). The summed E-state index contributed by atoms with van der Waals surface area (Å²) in [6, 6.07) is 0.928. The van der Waals surface area contributed by atoms with Gasteiger partial charge >= 0.3 is 0 Å². The molecule has 1 saturated carbocycles. The largest absolute Gasteiger partial charge is 0.303 e. The van der Waals surface area contributed by atoms with E-state index in [4.69, 9.17) is 0 Å². The Morgan fingerprint density at radius 1 is 0.645 bits per heavy atom. The minimum atomic E-state index is 0.354. The smallest absolute Gasteiger partial charge is 0.0125 e. The topological polar surface area (TPSA) is 9.72 Å². The van der Waals surface area contributed by atoms with Gasteiger partial charge in [0.1, 0.15) is 0 Å². The minimum absolute atomic E-state index is 0.354. The third-order valence-electron chi connectivity index (χ3n) is 9.80. The van der Waals surface area contributed by atoms with Gasteiger partial charge in [0.15, 0.2) is 0 Å². The van der Waals surface area contributed by atoms with E-state index in [1.165, 1.54) is 97.2 Å². The van der Waals surface area contributed by atoms with Gasteiger partial charge in [-0.25, -0.2) is 0 Å². The van der Waals surface area contributed by atoms with Crippen LogP contribution in [0.3, 0.4) is 0 Å². The second-order valence-electron chi connectivity index (χ2n) is 13.8. The predicted octanol–water partition coefficient (Wildman–Crippen LogP) is 5.75. The van der Waals surface area contributed by atoms with Gasteiger partial charge in [-0.2, -0.15) is 0 Å². The highest BCUT2D eigenvalue weighted by atomic mass is 15.2. The van der Waals surface area contributed by atoms with Gasteiger partial charge in [-0.1, -0.05) is 20.8 Å². The Morgan fingerprint density at radius 2 is 1.23 bits per heavy atom. The first-order valence-electron chi connectivity index (χ1n) is 13.8. The zero-order valence-corrected chi connectivity index (χ0v) is 21.8. The maximum atomic E-state index is 2.86. The highest BCUT2D eigenvalue weighted by molar-refractivity contribution is 4.94. The Bertz CT molecular complexity index is 544. The van der Waals surface area contributed by atoms with Crippen LogP contribution in [0.2, 0.25) is 0 Å². The summed E-state index contributed by atoms with van der Waals surface area (Å²) in [5.41, 5.74) is 0.859. The van der Waals surface area contributed by atoms with E-state index in [9.17, 15) is 0 Å². The van der Waals surface area contributed by atoms with Crippen molar-refractivity contribution in [3.63, 3.8) is 0 Å². The first kappa shape index (κ1) is 24.0. The van der Waals surface area contributed by atoms with Crippen LogP contribution in [0.1, 0.15) is 92.9 Å². The number of rotatable bonds is 4. The van der Waals surface area contributed by atoms with Crippen LogP contribution in [-0.2, 0) is 0 Å². The molecule has 0 spiro atoms. The molecule has 4 fully saturated rings. The van der Waals surface area contributed by atoms with E-state index in [0.717, 1.165) is 29.7 Å². The van der Waals surface area contributed by atoms with Gasteiger partial charge < -0.3 is 9.80 Å². The molecule has 0 unspecified atom stereocenters. The van der Waals surface area contributed by atoms with Crippen molar-refractivity contribution < 1.29 is 0 Å². The molecule has 0 aromatic carbocycles. The maximum Gasteiger partial charge on any atom is 0.0125 e. The molecule has 0 radical (unpaired) electrons. The normalized spacial score (nSPS) is 32.3. The second kappa shape index (κ2) is 9.63. The van der Waals surface area contributed by atoms with Crippen LogP contribution in [0.25, 0.3) is 0 Å². The van der Waals surface area contributed by atoms with Crippen molar-refractivity contribution in [2.45, 2.75) is 104 Å². The monoisotopic (exact) mass is 431 g/mol. The lowest BCUT2D eigenvalue weighted by Crippen LogP contribution is -2.52. The lowest BCUT2D eigenvalue weighted by molar-refractivity contribution is -0.00488. The van der Waals surface area contributed by atoms with Crippen LogP contribution in [0.4, 0.5) is 0 Å². The first-order chi connectivity index (χ1) is 14.6. The Balaban J connectivity index is 1.11. The summed E-state index contributed by atoms with van der Waals surface area (Å²) in [6.07, 6.45) is 11.6. The van der Waals surface area contributed by atoms with Crippen LogP contribution in [0.15, 0.2) is 0 Å². The molecular weight excluding hydrogens is 378 g/mol. The van der Waals surface area contributed by atoms with Gasteiger partial charge in [-0.15, -0.1) is 0 Å². The first-order valence-corrected chi connectivity index (χ1v) is 13.8. The van der Waals surface area contributed by atoms with Crippen LogP contribution < -0.4 is 0 Å². The van der Waals surface area contributed by atoms with Gasteiger partial charge in [-0.05, 0) is 140 Å². The average Bonchev–Trinajstić information content (AvgIpc) is 2.68. The van der Waals surface area contributed by atoms with Crippen molar-refractivity contribution in [3.05, 3.63) is 0 Å². The van der Waals surface area contributed by atoms with Crippen LogP contribution in [0.5, 0.6) is 0 Å². The molecule has 0 atom stereocenters.